The number of nitrogens with one attached hydrogen (secondary N) is 2. The van der Waals surface area contributed by atoms with Gasteiger partial charge in [-0.15, -0.1) is 0 Å². The lowest BCUT2D eigenvalue weighted by molar-refractivity contribution is 0.0343. The highest BCUT2D eigenvalue weighted by Gasteiger charge is 2.16. The van der Waals surface area contributed by atoms with Gasteiger partial charge in [0.1, 0.15) is 11.6 Å². The molecule has 0 fully saturated rings. The van der Waals surface area contributed by atoms with E-state index in [1.54, 1.807) is 13.2 Å². The van der Waals surface area contributed by atoms with Gasteiger partial charge in [0.2, 0.25) is 0 Å². The SMILES string of the molecule is COC(C)(C)CNc1cc(NN)nc(-c2ccccc2)n1. The van der Waals surface area contributed by atoms with Gasteiger partial charge in [0, 0.05) is 25.3 Å². The van der Waals surface area contributed by atoms with E-state index in [0.717, 1.165) is 5.56 Å². The molecule has 0 saturated heterocycles. The molecule has 0 unspecified atom stereocenters. The van der Waals surface area contributed by atoms with Gasteiger partial charge in [-0.25, -0.2) is 15.8 Å². The maximum Gasteiger partial charge on any atom is 0.163 e. The molecule has 0 saturated carbocycles. The van der Waals surface area contributed by atoms with E-state index in [1.807, 2.05) is 44.2 Å². The molecule has 112 valence electrons. The van der Waals surface area contributed by atoms with Crippen LogP contribution in [0.3, 0.4) is 0 Å². The minimum Gasteiger partial charge on any atom is -0.377 e. The molecule has 1 aromatic heterocycles. The first-order valence-corrected chi connectivity index (χ1v) is 6.74. The average molecular weight is 287 g/mol. The van der Waals surface area contributed by atoms with Gasteiger partial charge < -0.3 is 15.5 Å². The van der Waals surface area contributed by atoms with Crippen molar-refractivity contribution in [3.8, 4) is 11.4 Å². The molecule has 0 aliphatic heterocycles. The van der Waals surface area contributed by atoms with Crippen LogP contribution in [-0.2, 0) is 4.74 Å². The number of methoxy groups -OCH3 is 1. The molecule has 0 aliphatic carbocycles. The summed E-state index contributed by atoms with van der Waals surface area (Å²) in [4.78, 5) is 8.88. The lowest BCUT2D eigenvalue weighted by Gasteiger charge is -2.23. The van der Waals surface area contributed by atoms with Crippen molar-refractivity contribution < 1.29 is 4.74 Å². The predicted molar refractivity (Wildman–Crippen MR) is 84.9 cm³/mol. The van der Waals surface area contributed by atoms with Crippen LogP contribution < -0.4 is 16.6 Å². The van der Waals surface area contributed by atoms with Gasteiger partial charge in [-0.1, -0.05) is 30.3 Å². The average Bonchev–Trinajstić information content (AvgIpc) is 2.53. The fourth-order valence-electron chi connectivity index (χ4n) is 1.70. The Morgan fingerprint density at radius 2 is 1.81 bits per heavy atom. The second-order valence-corrected chi connectivity index (χ2v) is 5.29. The van der Waals surface area contributed by atoms with Crippen LogP contribution in [0.1, 0.15) is 13.8 Å². The first-order chi connectivity index (χ1) is 10.0. The summed E-state index contributed by atoms with van der Waals surface area (Å²) < 4.78 is 5.38. The number of ether oxygens (including phenoxy) is 1. The van der Waals surface area contributed by atoms with E-state index in [0.29, 0.717) is 24.0 Å². The Morgan fingerprint density at radius 3 is 2.43 bits per heavy atom. The van der Waals surface area contributed by atoms with Crippen LogP contribution in [-0.4, -0.2) is 29.2 Å². The Kier molecular flexibility index (Phi) is 4.72. The van der Waals surface area contributed by atoms with Crippen molar-refractivity contribution in [1.82, 2.24) is 9.97 Å². The molecule has 0 amide bonds. The molecule has 0 radical (unpaired) electrons. The Balaban J connectivity index is 2.26. The van der Waals surface area contributed by atoms with Crippen LogP contribution in [0, 0.1) is 0 Å². The number of hydrazine groups is 1. The van der Waals surface area contributed by atoms with E-state index < -0.39 is 0 Å². The standard InChI is InChI=1S/C15H21N5O/c1-15(2,21-3)10-17-12-9-13(20-16)19-14(18-12)11-7-5-4-6-8-11/h4-9H,10,16H2,1-3H3,(H2,17,18,19,20). The summed E-state index contributed by atoms with van der Waals surface area (Å²) in [6.45, 7) is 4.63. The Bertz CT molecular complexity index is 586. The maximum absolute atomic E-state index is 5.48. The van der Waals surface area contributed by atoms with Gasteiger partial charge in [0.15, 0.2) is 5.82 Å². The smallest absolute Gasteiger partial charge is 0.163 e. The molecule has 6 nitrogen and oxygen atoms in total. The number of rotatable bonds is 6. The lowest BCUT2D eigenvalue weighted by atomic mass is 10.1. The first-order valence-electron chi connectivity index (χ1n) is 6.74. The van der Waals surface area contributed by atoms with Gasteiger partial charge >= 0.3 is 0 Å². The molecule has 0 bridgehead atoms. The van der Waals surface area contributed by atoms with Crippen LogP contribution in [0.25, 0.3) is 11.4 Å². The highest BCUT2D eigenvalue weighted by atomic mass is 16.5. The highest BCUT2D eigenvalue weighted by Crippen LogP contribution is 2.20. The van der Waals surface area contributed by atoms with Crippen molar-refractivity contribution in [1.29, 1.82) is 0 Å². The number of hydrogen-bond acceptors (Lipinski definition) is 6. The van der Waals surface area contributed by atoms with E-state index in [2.05, 4.69) is 20.7 Å². The number of nitrogens with two attached hydrogens (primary N) is 1. The molecule has 0 spiro atoms. The summed E-state index contributed by atoms with van der Waals surface area (Å²) in [7, 11) is 1.68. The summed E-state index contributed by atoms with van der Waals surface area (Å²) in [5.74, 6) is 7.35. The number of benzene rings is 1. The van der Waals surface area contributed by atoms with E-state index in [1.165, 1.54) is 0 Å². The number of anilines is 2. The number of hydrogen-bond donors (Lipinski definition) is 3. The maximum atomic E-state index is 5.48. The Morgan fingerprint density at radius 1 is 1.14 bits per heavy atom. The molecule has 21 heavy (non-hydrogen) atoms. The third-order valence-electron chi connectivity index (χ3n) is 3.15. The van der Waals surface area contributed by atoms with Crippen LogP contribution in [0.15, 0.2) is 36.4 Å². The topological polar surface area (TPSA) is 85.1 Å². The quantitative estimate of drug-likeness (QED) is 0.558. The monoisotopic (exact) mass is 287 g/mol. The van der Waals surface area contributed by atoms with E-state index >= 15 is 0 Å². The molecular formula is C15H21N5O. The van der Waals surface area contributed by atoms with Crippen molar-refractivity contribution in [3.05, 3.63) is 36.4 Å². The van der Waals surface area contributed by atoms with Crippen LogP contribution in [0.2, 0.25) is 0 Å². The van der Waals surface area contributed by atoms with Crippen LogP contribution in [0.5, 0.6) is 0 Å². The summed E-state index contributed by atoms with van der Waals surface area (Å²) in [6.07, 6.45) is 0. The summed E-state index contributed by atoms with van der Waals surface area (Å²) in [6, 6.07) is 11.5. The molecular weight excluding hydrogens is 266 g/mol. The molecule has 4 N–H and O–H groups in total. The Hall–Kier alpha value is -2.18. The largest absolute Gasteiger partial charge is 0.377 e. The molecule has 1 aromatic carbocycles. The van der Waals surface area contributed by atoms with Crippen molar-refractivity contribution >= 4 is 11.6 Å². The third-order valence-corrected chi connectivity index (χ3v) is 3.15. The molecule has 1 heterocycles. The fourth-order valence-corrected chi connectivity index (χ4v) is 1.70. The molecule has 0 atom stereocenters. The zero-order valence-corrected chi connectivity index (χ0v) is 12.6. The summed E-state index contributed by atoms with van der Waals surface area (Å²) in [5, 5.41) is 3.25. The normalized spacial score (nSPS) is 11.2. The highest BCUT2D eigenvalue weighted by molar-refractivity contribution is 5.60. The van der Waals surface area contributed by atoms with E-state index in [9.17, 15) is 0 Å². The van der Waals surface area contributed by atoms with Crippen LogP contribution >= 0.6 is 0 Å². The van der Waals surface area contributed by atoms with Gasteiger partial charge in [0.25, 0.3) is 0 Å². The van der Waals surface area contributed by atoms with Crippen molar-refractivity contribution in [3.63, 3.8) is 0 Å². The third kappa shape index (κ3) is 4.14. The first kappa shape index (κ1) is 15.2. The summed E-state index contributed by atoms with van der Waals surface area (Å²) >= 11 is 0. The zero-order valence-electron chi connectivity index (χ0n) is 12.6. The fraction of sp³-hybridized carbons (Fsp3) is 0.333. The van der Waals surface area contributed by atoms with Crippen LogP contribution in [0.4, 0.5) is 11.6 Å². The van der Waals surface area contributed by atoms with Gasteiger partial charge in [-0.05, 0) is 13.8 Å². The van der Waals surface area contributed by atoms with Crippen molar-refractivity contribution in [2.75, 3.05) is 24.4 Å². The van der Waals surface area contributed by atoms with E-state index in [-0.39, 0.29) is 5.60 Å². The van der Waals surface area contributed by atoms with Gasteiger partial charge in [-0.3, -0.25) is 0 Å². The van der Waals surface area contributed by atoms with Gasteiger partial charge in [-0.2, -0.15) is 0 Å². The lowest BCUT2D eigenvalue weighted by Crippen LogP contribution is -2.32. The number of nitrogen functional groups attached to an aromatic ring is 1. The second-order valence-electron chi connectivity index (χ2n) is 5.29. The number of aromatic nitrogens is 2. The minimum atomic E-state index is -0.284. The van der Waals surface area contributed by atoms with Gasteiger partial charge in [0.05, 0.1) is 5.60 Å². The minimum absolute atomic E-state index is 0.284. The number of nitrogens with zero attached hydrogens (tertiary/aromatic N) is 2. The molecule has 6 heteroatoms. The molecule has 2 rings (SSSR count). The molecule has 2 aromatic rings. The van der Waals surface area contributed by atoms with E-state index in [4.69, 9.17) is 10.6 Å². The zero-order chi connectivity index (χ0) is 15.3. The summed E-state index contributed by atoms with van der Waals surface area (Å²) in [5.41, 5.74) is 3.22. The van der Waals surface area contributed by atoms with Crippen molar-refractivity contribution in [2.24, 2.45) is 5.84 Å². The van der Waals surface area contributed by atoms with Crippen molar-refractivity contribution in [2.45, 2.75) is 19.4 Å². The Labute approximate surface area is 124 Å². The second kappa shape index (κ2) is 6.51. The molecule has 0 aliphatic rings. The predicted octanol–water partition coefficient (Wildman–Crippen LogP) is 2.27.